The Balaban J connectivity index is 2.18. The molecule has 1 aromatic heterocycles. The fourth-order valence-corrected chi connectivity index (χ4v) is 2.37. The lowest BCUT2D eigenvalue weighted by molar-refractivity contribution is 0.866. The van der Waals surface area contributed by atoms with E-state index < -0.39 is 0 Å². The van der Waals surface area contributed by atoms with Crippen LogP contribution in [0, 0.1) is 4.77 Å². The number of benzene rings is 1. The van der Waals surface area contributed by atoms with E-state index in [1.165, 1.54) is 11.8 Å². The highest BCUT2D eigenvalue weighted by Crippen LogP contribution is 2.16. The molecule has 0 saturated heterocycles. The molecule has 1 heterocycles. The molecule has 0 atom stereocenters. The van der Waals surface area contributed by atoms with Gasteiger partial charge < -0.3 is 9.88 Å². The number of nitrogens with zero attached hydrogens (tertiary/aromatic N) is 1. The molecule has 2 rings (SSSR count). The molecule has 0 bridgehead atoms. The van der Waals surface area contributed by atoms with Gasteiger partial charge in [0.15, 0.2) is 4.77 Å². The van der Waals surface area contributed by atoms with Crippen LogP contribution in [0.15, 0.2) is 35.1 Å². The fraction of sp³-hybridized carbons (Fsp3) is 0.250. The summed E-state index contributed by atoms with van der Waals surface area (Å²) in [6.07, 6.45) is 3.80. The number of aromatic nitrogens is 2. The normalized spacial score (nSPS) is 11.0. The summed E-state index contributed by atoms with van der Waals surface area (Å²) in [5.74, 6) is 0. The van der Waals surface area contributed by atoms with Crippen molar-refractivity contribution in [3.63, 3.8) is 0 Å². The number of H-pyrrole nitrogens is 2. The monoisotopic (exact) mass is 301 g/mol. The van der Waals surface area contributed by atoms with E-state index in [1.54, 1.807) is 0 Å². The third kappa shape index (κ3) is 4.16. The molecule has 4 nitrogen and oxygen atoms in total. The van der Waals surface area contributed by atoms with Crippen molar-refractivity contribution in [1.29, 1.82) is 0 Å². The van der Waals surface area contributed by atoms with E-state index in [0.717, 1.165) is 18.7 Å². The van der Waals surface area contributed by atoms with E-state index in [4.69, 9.17) is 12.2 Å². The van der Waals surface area contributed by atoms with Gasteiger partial charge in [-0.05, 0) is 49.8 Å². The second-order valence-electron chi connectivity index (χ2n) is 4.64. The first-order valence-electron chi connectivity index (χ1n) is 6.99. The van der Waals surface area contributed by atoms with E-state index >= 15 is 0 Å². The minimum absolute atomic E-state index is 0.199. The Morgan fingerprint density at radius 1 is 1.10 bits per heavy atom. The van der Waals surface area contributed by atoms with Gasteiger partial charge in [0.05, 0.1) is 0 Å². The van der Waals surface area contributed by atoms with E-state index in [0.29, 0.717) is 10.5 Å². The van der Waals surface area contributed by atoms with Crippen molar-refractivity contribution in [2.75, 3.05) is 18.0 Å². The SMILES string of the molecule is CCN(CC)c1ccc(/C=C/c2cc(=O)[nH]c(=S)[nH]2)cc1. The Morgan fingerprint density at radius 3 is 2.33 bits per heavy atom. The van der Waals surface area contributed by atoms with Crippen LogP contribution >= 0.6 is 12.2 Å². The Kier molecular flexibility index (Phi) is 5.11. The summed E-state index contributed by atoms with van der Waals surface area (Å²) in [6.45, 7) is 6.28. The molecule has 5 heteroatoms. The quantitative estimate of drug-likeness (QED) is 0.832. The highest BCUT2D eigenvalue weighted by Gasteiger charge is 2.00. The molecule has 0 saturated carbocycles. The van der Waals surface area contributed by atoms with E-state index in [9.17, 15) is 4.79 Å². The molecule has 0 radical (unpaired) electrons. The molecule has 2 N–H and O–H groups in total. The summed E-state index contributed by atoms with van der Waals surface area (Å²) < 4.78 is 0.332. The molecule has 21 heavy (non-hydrogen) atoms. The van der Waals surface area contributed by atoms with Gasteiger partial charge in [0.2, 0.25) is 0 Å². The Morgan fingerprint density at radius 2 is 1.76 bits per heavy atom. The van der Waals surface area contributed by atoms with Crippen LogP contribution in [-0.4, -0.2) is 23.1 Å². The van der Waals surface area contributed by atoms with Crippen LogP contribution in [0.5, 0.6) is 0 Å². The molecule has 0 fully saturated rings. The van der Waals surface area contributed by atoms with Crippen LogP contribution in [0.3, 0.4) is 0 Å². The summed E-state index contributed by atoms with van der Waals surface area (Å²) in [4.78, 5) is 19.1. The van der Waals surface area contributed by atoms with Crippen molar-refractivity contribution in [2.24, 2.45) is 0 Å². The van der Waals surface area contributed by atoms with Crippen molar-refractivity contribution in [3.8, 4) is 0 Å². The zero-order chi connectivity index (χ0) is 15.2. The highest BCUT2D eigenvalue weighted by molar-refractivity contribution is 7.71. The molecule has 0 amide bonds. The number of hydrogen-bond donors (Lipinski definition) is 2. The van der Waals surface area contributed by atoms with Gasteiger partial charge >= 0.3 is 0 Å². The molecule has 0 spiro atoms. The second kappa shape index (κ2) is 7.04. The molecular weight excluding hydrogens is 282 g/mol. The standard InChI is InChI=1S/C16H19N3OS/c1-3-19(4-2)14-9-6-12(7-10-14)5-8-13-11-15(20)18-16(21)17-13/h5-11H,3-4H2,1-2H3,(H2,17,18,20,21)/b8-5+. The number of anilines is 1. The molecular formula is C16H19N3OS. The maximum Gasteiger partial charge on any atom is 0.252 e. The van der Waals surface area contributed by atoms with Crippen molar-refractivity contribution in [3.05, 3.63) is 56.7 Å². The lowest BCUT2D eigenvalue weighted by Crippen LogP contribution is -2.21. The van der Waals surface area contributed by atoms with Crippen LogP contribution in [0.25, 0.3) is 12.2 Å². The van der Waals surface area contributed by atoms with Crippen LogP contribution in [0.4, 0.5) is 5.69 Å². The summed E-state index contributed by atoms with van der Waals surface area (Å²) in [5, 5.41) is 0. The van der Waals surface area contributed by atoms with Gasteiger partial charge in [0.25, 0.3) is 5.56 Å². The largest absolute Gasteiger partial charge is 0.372 e. The van der Waals surface area contributed by atoms with E-state index in [2.05, 4.69) is 53.0 Å². The number of aromatic amines is 2. The molecule has 2 aromatic rings. The van der Waals surface area contributed by atoms with Crippen LogP contribution in [0.1, 0.15) is 25.1 Å². The lowest BCUT2D eigenvalue weighted by atomic mass is 10.1. The first-order valence-corrected chi connectivity index (χ1v) is 7.40. The minimum atomic E-state index is -0.199. The van der Waals surface area contributed by atoms with E-state index in [-0.39, 0.29) is 5.56 Å². The Labute approximate surface area is 129 Å². The zero-order valence-corrected chi connectivity index (χ0v) is 13.0. The summed E-state index contributed by atoms with van der Waals surface area (Å²) in [6, 6.07) is 9.81. The van der Waals surface area contributed by atoms with Crippen molar-refractivity contribution >= 4 is 30.1 Å². The predicted molar refractivity (Wildman–Crippen MR) is 91.2 cm³/mol. The molecule has 0 aliphatic carbocycles. The minimum Gasteiger partial charge on any atom is -0.372 e. The summed E-state index contributed by atoms with van der Waals surface area (Å²) in [7, 11) is 0. The third-order valence-electron chi connectivity index (χ3n) is 3.26. The van der Waals surface area contributed by atoms with Crippen molar-refractivity contribution < 1.29 is 0 Å². The zero-order valence-electron chi connectivity index (χ0n) is 12.2. The van der Waals surface area contributed by atoms with Gasteiger partial charge in [-0.25, -0.2) is 0 Å². The molecule has 0 unspecified atom stereocenters. The number of nitrogens with one attached hydrogen (secondary N) is 2. The highest BCUT2D eigenvalue weighted by atomic mass is 32.1. The summed E-state index contributed by atoms with van der Waals surface area (Å²) >= 11 is 4.94. The Hall–Kier alpha value is -2.14. The van der Waals surface area contributed by atoms with Crippen molar-refractivity contribution in [2.45, 2.75) is 13.8 Å². The van der Waals surface area contributed by atoms with Crippen molar-refractivity contribution in [1.82, 2.24) is 9.97 Å². The molecule has 0 aliphatic rings. The fourth-order valence-electron chi connectivity index (χ4n) is 2.15. The maximum atomic E-state index is 11.3. The smallest absolute Gasteiger partial charge is 0.252 e. The average molecular weight is 301 g/mol. The van der Waals surface area contributed by atoms with Gasteiger partial charge in [-0.3, -0.25) is 9.78 Å². The van der Waals surface area contributed by atoms with Crippen LogP contribution in [-0.2, 0) is 0 Å². The Bertz CT molecular complexity index is 696. The van der Waals surface area contributed by atoms with Crippen LogP contribution in [0.2, 0.25) is 0 Å². The molecule has 1 aromatic carbocycles. The predicted octanol–water partition coefficient (Wildman–Crippen LogP) is 3.45. The van der Waals surface area contributed by atoms with Gasteiger partial charge in [-0.15, -0.1) is 0 Å². The van der Waals surface area contributed by atoms with Gasteiger partial charge in [-0.2, -0.15) is 0 Å². The van der Waals surface area contributed by atoms with Gasteiger partial charge in [0, 0.05) is 30.5 Å². The maximum absolute atomic E-state index is 11.3. The van der Waals surface area contributed by atoms with Gasteiger partial charge in [-0.1, -0.05) is 18.2 Å². The topological polar surface area (TPSA) is 51.9 Å². The number of hydrogen-bond acceptors (Lipinski definition) is 3. The van der Waals surface area contributed by atoms with Gasteiger partial charge in [0.1, 0.15) is 0 Å². The molecule has 0 aliphatic heterocycles. The number of rotatable bonds is 5. The first kappa shape index (κ1) is 15.3. The molecule has 110 valence electrons. The first-order chi connectivity index (χ1) is 10.1. The third-order valence-corrected chi connectivity index (χ3v) is 3.46. The lowest BCUT2D eigenvalue weighted by Gasteiger charge is -2.20. The van der Waals surface area contributed by atoms with E-state index in [1.807, 2.05) is 12.2 Å². The average Bonchev–Trinajstić information content (AvgIpc) is 2.47. The summed E-state index contributed by atoms with van der Waals surface area (Å²) in [5.41, 5.74) is 2.78. The second-order valence-corrected chi connectivity index (χ2v) is 5.05. The van der Waals surface area contributed by atoms with Crippen LogP contribution < -0.4 is 10.5 Å².